The maximum atomic E-state index is 14.0. The summed E-state index contributed by atoms with van der Waals surface area (Å²) in [5.41, 5.74) is -0.954. The van der Waals surface area contributed by atoms with Crippen LogP contribution >= 0.6 is 0 Å². The van der Waals surface area contributed by atoms with Gasteiger partial charge in [0.2, 0.25) is 0 Å². The van der Waals surface area contributed by atoms with Gasteiger partial charge in [-0.2, -0.15) is 0 Å². The van der Waals surface area contributed by atoms with Gasteiger partial charge in [-0.15, -0.1) is 0 Å². The zero-order valence-corrected chi connectivity index (χ0v) is 15.4. The molecule has 8 heteroatoms. The van der Waals surface area contributed by atoms with E-state index in [4.69, 9.17) is 4.74 Å². The van der Waals surface area contributed by atoms with Crippen molar-refractivity contribution in [2.75, 3.05) is 16.8 Å². The number of hydrogen-bond acceptors (Lipinski definition) is 4. The molecule has 2 aliphatic rings. The molecule has 6 nitrogen and oxygen atoms in total. The highest BCUT2D eigenvalue weighted by Gasteiger charge is 2.51. The predicted octanol–water partition coefficient (Wildman–Crippen LogP) is 3.15. The van der Waals surface area contributed by atoms with Crippen molar-refractivity contribution in [3.63, 3.8) is 0 Å². The normalized spacial score (nSPS) is 19.8. The number of nitrogens with zero attached hydrogens (tertiary/aromatic N) is 1. The summed E-state index contributed by atoms with van der Waals surface area (Å²) in [5, 5.41) is 14.5. The van der Waals surface area contributed by atoms with Crippen LogP contribution in [0.3, 0.4) is 0 Å². The molecule has 5 rings (SSSR count). The van der Waals surface area contributed by atoms with E-state index < -0.39 is 23.3 Å². The molecule has 2 heterocycles. The van der Waals surface area contributed by atoms with E-state index in [0.717, 1.165) is 17.0 Å². The van der Waals surface area contributed by atoms with Crippen molar-refractivity contribution >= 4 is 23.2 Å². The minimum atomic E-state index is -2.02. The van der Waals surface area contributed by atoms with Gasteiger partial charge in [-0.3, -0.25) is 14.5 Å². The first-order valence-electron chi connectivity index (χ1n) is 9.08. The molecule has 2 aliphatic heterocycles. The fraction of sp³-hybridized carbons (Fsp3) is 0.0909. The smallest absolute Gasteiger partial charge is 0.262 e. The molecule has 0 aliphatic carbocycles. The highest BCUT2D eigenvalue weighted by molar-refractivity contribution is 6.12. The molecule has 30 heavy (non-hydrogen) atoms. The number of anilines is 2. The van der Waals surface area contributed by atoms with Gasteiger partial charge in [-0.25, -0.2) is 8.78 Å². The third-order valence-corrected chi connectivity index (χ3v) is 5.24. The standard InChI is InChI=1S/C22H14F2N2O4/c23-16-7-6-13(10-17(16)24)26-21(28)14-3-1-2-4-15(14)22(26,29)12-5-8-19-18(9-12)25-20(27)11-30-19/h1-10,29H,11H2,(H,25,27). The number of hydrogen-bond donors (Lipinski definition) is 2. The maximum Gasteiger partial charge on any atom is 0.262 e. The van der Waals surface area contributed by atoms with E-state index in [9.17, 15) is 23.5 Å². The third-order valence-electron chi connectivity index (χ3n) is 5.24. The fourth-order valence-electron chi connectivity index (χ4n) is 3.87. The van der Waals surface area contributed by atoms with Crippen molar-refractivity contribution in [1.82, 2.24) is 0 Å². The van der Waals surface area contributed by atoms with Crippen LogP contribution in [-0.2, 0) is 10.5 Å². The van der Waals surface area contributed by atoms with Crippen molar-refractivity contribution < 1.29 is 28.2 Å². The van der Waals surface area contributed by atoms with Crippen molar-refractivity contribution in [3.05, 3.63) is 89.0 Å². The van der Waals surface area contributed by atoms with Crippen LogP contribution in [0, 0.1) is 11.6 Å². The Balaban J connectivity index is 1.73. The topological polar surface area (TPSA) is 78.9 Å². The molecule has 0 spiro atoms. The van der Waals surface area contributed by atoms with E-state index >= 15 is 0 Å². The van der Waals surface area contributed by atoms with Gasteiger partial charge in [-0.1, -0.05) is 18.2 Å². The van der Waals surface area contributed by atoms with Crippen molar-refractivity contribution in [2.45, 2.75) is 5.72 Å². The SMILES string of the molecule is O=C1COc2ccc(C3(O)c4ccccc4C(=O)N3c3ccc(F)c(F)c3)cc2N1. The van der Waals surface area contributed by atoms with E-state index in [1.54, 1.807) is 36.4 Å². The highest BCUT2D eigenvalue weighted by Crippen LogP contribution is 2.46. The molecule has 3 aromatic carbocycles. The minimum absolute atomic E-state index is 0.0180. The average Bonchev–Trinajstić information content (AvgIpc) is 2.98. The lowest BCUT2D eigenvalue weighted by atomic mass is 9.93. The van der Waals surface area contributed by atoms with Crippen LogP contribution in [0.25, 0.3) is 0 Å². The molecule has 0 radical (unpaired) electrons. The summed E-state index contributed by atoms with van der Waals surface area (Å²) >= 11 is 0. The molecule has 2 N–H and O–H groups in total. The largest absolute Gasteiger partial charge is 0.482 e. The first-order chi connectivity index (χ1) is 14.4. The van der Waals surface area contributed by atoms with Crippen molar-refractivity contribution in [1.29, 1.82) is 0 Å². The first kappa shape index (κ1) is 18.3. The Bertz CT molecular complexity index is 1230. The van der Waals surface area contributed by atoms with Gasteiger partial charge in [0.25, 0.3) is 11.8 Å². The molecule has 2 amide bonds. The molecule has 0 aromatic heterocycles. The molecular weight excluding hydrogens is 394 g/mol. The second-order valence-corrected chi connectivity index (χ2v) is 7.00. The number of carbonyl (C=O) groups is 2. The zero-order valence-electron chi connectivity index (χ0n) is 15.4. The highest BCUT2D eigenvalue weighted by atomic mass is 19.2. The van der Waals surface area contributed by atoms with Crippen LogP contribution in [0.5, 0.6) is 5.75 Å². The summed E-state index contributed by atoms with van der Waals surface area (Å²) in [7, 11) is 0. The van der Waals surface area contributed by atoms with E-state index in [2.05, 4.69) is 5.32 Å². The Labute approximate surface area is 169 Å². The zero-order chi connectivity index (χ0) is 21.0. The Kier molecular flexibility index (Phi) is 3.87. The van der Waals surface area contributed by atoms with Gasteiger partial charge in [-0.05, 0) is 36.4 Å². The fourth-order valence-corrected chi connectivity index (χ4v) is 3.87. The van der Waals surface area contributed by atoms with Gasteiger partial charge >= 0.3 is 0 Å². The van der Waals surface area contributed by atoms with E-state index in [1.165, 1.54) is 12.1 Å². The Morgan fingerprint density at radius 1 is 1.00 bits per heavy atom. The van der Waals surface area contributed by atoms with Crippen LogP contribution in [-0.4, -0.2) is 23.5 Å². The van der Waals surface area contributed by atoms with Crippen LogP contribution in [0.1, 0.15) is 21.5 Å². The number of nitrogens with one attached hydrogen (secondary N) is 1. The van der Waals surface area contributed by atoms with E-state index in [1.807, 2.05) is 0 Å². The molecule has 0 saturated carbocycles. The average molecular weight is 408 g/mol. The van der Waals surface area contributed by atoms with Crippen LogP contribution in [0.2, 0.25) is 0 Å². The number of ether oxygens (including phenoxy) is 1. The van der Waals surface area contributed by atoms with Gasteiger partial charge in [0.05, 0.1) is 11.4 Å². The molecular formula is C22H14F2N2O4. The number of halogens is 2. The second-order valence-electron chi connectivity index (χ2n) is 7.00. The Morgan fingerprint density at radius 2 is 1.80 bits per heavy atom. The number of carbonyl (C=O) groups excluding carboxylic acids is 2. The van der Waals surface area contributed by atoms with Crippen LogP contribution in [0.15, 0.2) is 60.7 Å². The van der Waals surface area contributed by atoms with Gasteiger partial charge in [0.15, 0.2) is 24.0 Å². The van der Waals surface area contributed by atoms with E-state index in [0.29, 0.717) is 11.4 Å². The minimum Gasteiger partial charge on any atom is -0.482 e. The number of benzene rings is 3. The molecule has 0 fully saturated rings. The van der Waals surface area contributed by atoms with Gasteiger partial charge < -0.3 is 15.2 Å². The Morgan fingerprint density at radius 3 is 2.60 bits per heavy atom. The summed E-state index contributed by atoms with van der Waals surface area (Å²) in [6.45, 7) is -0.126. The molecule has 0 saturated heterocycles. The van der Waals surface area contributed by atoms with Crippen LogP contribution < -0.4 is 15.0 Å². The lowest BCUT2D eigenvalue weighted by Gasteiger charge is -2.35. The molecule has 1 atom stereocenters. The number of amides is 2. The monoisotopic (exact) mass is 408 g/mol. The molecule has 150 valence electrons. The van der Waals surface area contributed by atoms with Crippen molar-refractivity contribution in [2.24, 2.45) is 0 Å². The number of aliphatic hydroxyl groups is 1. The van der Waals surface area contributed by atoms with E-state index in [-0.39, 0.29) is 34.9 Å². The lowest BCUT2D eigenvalue weighted by Crippen LogP contribution is -2.45. The molecule has 0 bridgehead atoms. The third kappa shape index (κ3) is 2.50. The summed E-state index contributed by atoms with van der Waals surface area (Å²) in [6.07, 6.45) is 0. The van der Waals surface area contributed by atoms with Gasteiger partial charge in [0.1, 0.15) is 5.75 Å². The Hall–Kier alpha value is -3.78. The summed E-state index contributed by atoms with van der Waals surface area (Å²) < 4.78 is 32.8. The molecule has 3 aromatic rings. The predicted molar refractivity (Wildman–Crippen MR) is 103 cm³/mol. The summed E-state index contributed by atoms with van der Waals surface area (Å²) in [6, 6.07) is 14.0. The van der Waals surface area contributed by atoms with Gasteiger partial charge in [0, 0.05) is 22.8 Å². The van der Waals surface area contributed by atoms with Crippen molar-refractivity contribution in [3.8, 4) is 5.75 Å². The maximum absolute atomic E-state index is 14.0. The molecule has 1 unspecified atom stereocenters. The quantitative estimate of drug-likeness (QED) is 0.683. The second kappa shape index (κ2) is 6.36. The number of fused-ring (bicyclic) bond motifs is 2. The lowest BCUT2D eigenvalue weighted by molar-refractivity contribution is -0.118. The summed E-state index contributed by atoms with van der Waals surface area (Å²) in [5.74, 6) is -2.73. The summed E-state index contributed by atoms with van der Waals surface area (Å²) in [4.78, 5) is 25.9. The van der Waals surface area contributed by atoms with Crippen LogP contribution in [0.4, 0.5) is 20.2 Å². The number of rotatable bonds is 2. The first-order valence-corrected chi connectivity index (χ1v) is 9.08.